The summed E-state index contributed by atoms with van der Waals surface area (Å²) in [7, 11) is 0. The molecule has 0 aliphatic rings. The fourth-order valence-corrected chi connectivity index (χ4v) is 2.66. The Kier molecular flexibility index (Phi) is 11.2. The van der Waals surface area contributed by atoms with E-state index in [1.807, 2.05) is 0 Å². The maximum Gasteiger partial charge on any atom is 0.371 e. The van der Waals surface area contributed by atoms with E-state index in [0.717, 1.165) is 12.8 Å². The molecule has 25 heavy (non-hydrogen) atoms. The number of carboxylic acid groups (broad SMARTS) is 1. The van der Waals surface area contributed by atoms with Gasteiger partial charge in [-0.05, 0) is 24.5 Å². The van der Waals surface area contributed by atoms with E-state index in [9.17, 15) is 9.59 Å². The first-order valence-electron chi connectivity index (χ1n) is 9.51. The van der Waals surface area contributed by atoms with Crippen molar-refractivity contribution in [2.45, 2.75) is 84.0 Å². The fraction of sp³-hybridized carbons (Fsp3) is 0.619. The van der Waals surface area contributed by atoms with Crippen LogP contribution >= 0.6 is 0 Å². The number of furan rings is 1. The summed E-state index contributed by atoms with van der Waals surface area (Å²) in [6.45, 7) is 2.24. The fourth-order valence-electron chi connectivity index (χ4n) is 2.66. The summed E-state index contributed by atoms with van der Waals surface area (Å²) in [5, 5.41) is 8.74. The highest BCUT2D eigenvalue weighted by Gasteiger charge is 2.12. The summed E-state index contributed by atoms with van der Waals surface area (Å²) in [5.74, 6) is 3.46. The van der Waals surface area contributed by atoms with Crippen LogP contribution in [0.5, 0.6) is 0 Å². The summed E-state index contributed by atoms with van der Waals surface area (Å²) >= 11 is 0. The smallest absolute Gasteiger partial charge is 0.371 e. The number of carboxylic acids is 1. The van der Waals surface area contributed by atoms with E-state index >= 15 is 0 Å². The van der Waals surface area contributed by atoms with E-state index in [4.69, 9.17) is 9.52 Å². The third-order valence-corrected chi connectivity index (χ3v) is 4.15. The van der Waals surface area contributed by atoms with Crippen LogP contribution in [0.1, 0.15) is 105 Å². The zero-order valence-corrected chi connectivity index (χ0v) is 15.3. The Labute approximate surface area is 151 Å². The van der Waals surface area contributed by atoms with Crippen molar-refractivity contribution in [1.29, 1.82) is 0 Å². The molecule has 1 N–H and O–H groups in total. The minimum absolute atomic E-state index is 0.0103. The number of ketones is 1. The standard InChI is InChI=1S/C21H30O4/c1-2-3-4-5-6-7-8-9-10-11-12-13-14-15-18(22)19-16-17-20(25-19)21(23)24/h16-17H,2-13H2,1H3,(H,23,24). The van der Waals surface area contributed by atoms with Crippen molar-refractivity contribution in [3.05, 3.63) is 23.7 Å². The second-order valence-electron chi connectivity index (χ2n) is 6.39. The summed E-state index contributed by atoms with van der Waals surface area (Å²) in [6.07, 6.45) is 14.8. The van der Waals surface area contributed by atoms with Crippen molar-refractivity contribution in [1.82, 2.24) is 0 Å². The van der Waals surface area contributed by atoms with Crippen molar-refractivity contribution in [3.63, 3.8) is 0 Å². The number of carbonyl (C=O) groups is 2. The Bertz CT molecular complexity index is 574. The molecule has 0 aliphatic carbocycles. The SMILES string of the molecule is CCCCCCCCCCCCCC#CC(=O)c1ccc(C(=O)O)o1. The number of rotatable bonds is 13. The molecule has 1 heterocycles. The van der Waals surface area contributed by atoms with Gasteiger partial charge in [0.2, 0.25) is 5.76 Å². The Hall–Kier alpha value is -2.02. The van der Waals surface area contributed by atoms with Crippen LogP contribution in [0.2, 0.25) is 0 Å². The van der Waals surface area contributed by atoms with Gasteiger partial charge in [0.25, 0.3) is 5.78 Å². The molecular formula is C21H30O4. The van der Waals surface area contributed by atoms with Gasteiger partial charge in [-0.2, -0.15) is 0 Å². The Morgan fingerprint density at radius 1 is 0.880 bits per heavy atom. The molecule has 4 heteroatoms. The van der Waals surface area contributed by atoms with Crippen molar-refractivity contribution in [2.24, 2.45) is 0 Å². The molecule has 1 rings (SSSR count). The first kappa shape index (κ1) is 21.0. The summed E-state index contributed by atoms with van der Waals surface area (Å²) in [4.78, 5) is 22.4. The largest absolute Gasteiger partial charge is 0.475 e. The molecule has 0 radical (unpaired) electrons. The molecule has 0 spiro atoms. The molecule has 0 unspecified atom stereocenters. The molecule has 138 valence electrons. The first-order valence-corrected chi connectivity index (χ1v) is 9.51. The van der Waals surface area contributed by atoms with Gasteiger partial charge in [-0.15, -0.1) is 0 Å². The minimum atomic E-state index is -1.19. The molecule has 1 aromatic heterocycles. The lowest BCUT2D eigenvalue weighted by Crippen LogP contribution is -1.94. The lowest BCUT2D eigenvalue weighted by Gasteiger charge is -2.01. The van der Waals surface area contributed by atoms with Gasteiger partial charge in [0, 0.05) is 6.42 Å². The molecule has 0 aromatic carbocycles. The molecule has 1 aromatic rings. The molecule has 0 amide bonds. The van der Waals surface area contributed by atoms with Crippen LogP contribution in [0.4, 0.5) is 0 Å². The van der Waals surface area contributed by atoms with Crippen molar-refractivity contribution in [3.8, 4) is 11.8 Å². The number of Topliss-reactive ketones (excluding diaryl/α,β-unsaturated/α-hetero) is 1. The number of hydrogen-bond donors (Lipinski definition) is 1. The van der Waals surface area contributed by atoms with Gasteiger partial charge in [-0.3, -0.25) is 4.79 Å². The van der Waals surface area contributed by atoms with Crippen LogP contribution in [0.3, 0.4) is 0 Å². The highest BCUT2D eigenvalue weighted by Crippen LogP contribution is 2.12. The van der Waals surface area contributed by atoms with E-state index in [2.05, 4.69) is 18.8 Å². The van der Waals surface area contributed by atoms with Crippen molar-refractivity contribution >= 4 is 11.8 Å². The average molecular weight is 346 g/mol. The number of unbranched alkanes of at least 4 members (excludes halogenated alkanes) is 11. The molecule has 0 saturated carbocycles. The predicted molar refractivity (Wildman–Crippen MR) is 98.9 cm³/mol. The van der Waals surface area contributed by atoms with E-state index in [1.165, 1.54) is 69.9 Å². The van der Waals surface area contributed by atoms with Crippen LogP contribution in [0.25, 0.3) is 0 Å². The van der Waals surface area contributed by atoms with Crippen LogP contribution in [0, 0.1) is 11.8 Å². The van der Waals surface area contributed by atoms with E-state index in [1.54, 1.807) is 0 Å². The number of aromatic carboxylic acids is 1. The van der Waals surface area contributed by atoms with Crippen LogP contribution in [-0.4, -0.2) is 16.9 Å². The Morgan fingerprint density at radius 2 is 1.40 bits per heavy atom. The molecule has 0 aliphatic heterocycles. The topological polar surface area (TPSA) is 67.5 Å². The van der Waals surface area contributed by atoms with Crippen LogP contribution < -0.4 is 0 Å². The molecule has 0 saturated heterocycles. The first-order chi connectivity index (χ1) is 12.1. The number of carbonyl (C=O) groups excluding carboxylic acids is 1. The Balaban J connectivity index is 2.02. The maximum absolute atomic E-state index is 11.7. The van der Waals surface area contributed by atoms with E-state index < -0.39 is 11.8 Å². The monoisotopic (exact) mass is 346 g/mol. The van der Waals surface area contributed by atoms with Crippen LogP contribution in [0.15, 0.2) is 16.5 Å². The van der Waals surface area contributed by atoms with Gasteiger partial charge in [0.05, 0.1) is 0 Å². The van der Waals surface area contributed by atoms with Gasteiger partial charge in [0.1, 0.15) is 0 Å². The van der Waals surface area contributed by atoms with Crippen molar-refractivity contribution < 1.29 is 19.1 Å². The quantitative estimate of drug-likeness (QED) is 0.210. The lowest BCUT2D eigenvalue weighted by molar-refractivity contribution is 0.0660. The summed E-state index contributed by atoms with van der Waals surface area (Å²) in [5.41, 5.74) is 0. The molecular weight excluding hydrogens is 316 g/mol. The average Bonchev–Trinajstić information content (AvgIpc) is 3.09. The van der Waals surface area contributed by atoms with Gasteiger partial charge in [0.15, 0.2) is 5.76 Å². The molecule has 0 atom stereocenters. The predicted octanol–water partition coefficient (Wildman–Crippen LogP) is 5.87. The van der Waals surface area contributed by atoms with Gasteiger partial charge >= 0.3 is 5.97 Å². The van der Waals surface area contributed by atoms with Gasteiger partial charge in [-0.25, -0.2) is 4.79 Å². The zero-order valence-electron chi connectivity index (χ0n) is 15.3. The van der Waals surface area contributed by atoms with E-state index in [-0.39, 0.29) is 11.5 Å². The summed E-state index contributed by atoms with van der Waals surface area (Å²) in [6, 6.07) is 2.61. The van der Waals surface area contributed by atoms with Gasteiger partial charge in [-0.1, -0.05) is 77.1 Å². The summed E-state index contributed by atoms with van der Waals surface area (Å²) < 4.78 is 4.92. The number of hydrogen-bond acceptors (Lipinski definition) is 3. The second-order valence-corrected chi connectivity index (χ2v) is 6.39. The van der Waals surface area contributed by atoms with E-state index in [0.29, 0.717) is 6.42 Å². The molecule has 0 bridgehead atoms. The van der Waals surface area contributed by atoms with Gasteiger partial charge < -0.3 is 9.52 Å². The molecule has 0 fully saturated rings. The third kappa shape index (κ3) is 9.76. The second kappa shape index (κ2) is 13.3. The maximum atomic E-state index is 11.7. The normalized spacial score (nSPS) is 10.3. The Morgan fingerprint density at radius 3 is 1.92 bits per heavy atom. The zero-order chi connectivity index (χ0) is 18.3. The molecule has 4 nitrogen and oxygen atoms in total. The lowest BCUT2D eigenvalue weighted by atomic mass is 10.1. The van der Waals surface area contributed by atoms with Crippen LogP contribution in [-0.2, 0) is 0 Å². The minimum Gasteiger partial charge on any atom is -0.475 e. The highest BCUT2D eigenvalue weighted by atomic mass is 16.4. The highest BCUT2D eigenvalue weighted by molar-refractivity contribution is 6.07. The van der Waals surface area contributed by atoms with Crippen molar-refractivity contribution in [2.75, 3.05) is 0 Å². The third-order valence-electron chi connectivity index (χ3n) is 4.15.